The second kappa shape index (κ2) is 8.42. The molecule has 3 N–H and O–H groups in total. The van der Waals surface area contributed by atoms with Gasteiger partial charge in [0.1, 0.15) is 5.75 Å². The number of hydrazine groups is 1. The van der Waals surface area contributed by atoms with Gasteiger partial charge in [-0.05, 0) is 54.7 Å². The standard InChI is InChI=1S/C16H17N3O3S2/c1-10-5-3-6-12(11(10)2)22-9-14(20)18-19-16(23)17-15(21)13-7-4-8-24-13/h3-8H,9H2,1-2H3,(H,18,20)(H2,17,19,21,23). The molecule has 0 bridgehead atoms. The lowest BCUT2D eigenvalue weighted by Crippen LogP contribution is -2.49. The van der Waals surface area contributed by atoms with Gasteiger partial charge in [-0.2, -0.15) is 0 Å². The van der Waals surface area contributed by atoms with Crippen LogP contribution >= 0.6 is 23.6 Å². The quantitative estimate of drug-likeness (QED) is 0.573. The molecule has 0 radical (unpaired) electrons. The van der Waals surface area contributed by atoms with Crippen molar-refractivity contribution in [3.8, 4) is 5.75 Å². The second-order valence-electron chi connectivity index (χ2n) is 4.92. The summed E-state index contributed by atoms with van der Waals surface area (Å²) in [6, 6.07) is 9.08. The van der Waals surface area contributed by atoms with Gasteiger partial charge in [-0.3, -0.25) is 25.8 Å². The topological polar surface area (TPSA) is 79.5 Å². The lowest BCUT2D eigenvalue weighted by Gasteiger charge is -2.12. The van der Waals surface area contributed by atoms with Gasteiger partial charge in [-0.1, -0.05) is 18.2 Å². The first-order chi connectivity index (χ1) is 11.5. The maximum atomic E-state index is 11.8. The minimum absolute atomic E-state index is 0.00786. The number of thiocarbonyl (C=S) groups is 1. The summed E-state index contributed by atoms with van der Waals surface area (Å²) < 4.78 is 5.47. The highest BCUT2D eigenvalue weighted by molar-refractivity contribution is 7.80. The van der Waals surface area contributed by atoms with Gasteiger partial charge in [0.2, 0.25) is 0 Å². The van der Waals surface area contributed by atoms with E-state index in [0.29, 0.717) is 10.6 Å². The number of carbonyl (C=O) groups is 2. The molecular weight excluding hydrogens is 346 g/mol. The van der Waals surface area contributed by atoms with Gasteiger partial charge in [-0.25, -0.2) is 0 Å². The third kappa shape index (κ3) is 5.04. The van der Waals surface area contributed by atoms with Crippen molar-refractivity contribution in [3.63, 3.8) is 0 Å². The number of rotatable bonds is 4. The van der Waals surface area contributed by atoms with Crippen LogP contribution in [0.15, 0.2) is 35.7 Å². The third-order valence-corrected chi connectivity index (χ3v) is 4.27. The fourth-order valence-corrected chi connectivity index (χ4v) is 2.55. The molecule has 8 heteroatoms. The van der Waals surface area contributed by atoms with E-state index in [4.69, 9.17) is 17.0 Å². The Morgan fingerprint density at radius 3 is 2.67 bits per heavy atom. The number of benzene rings is 1. The van der Waals surface area contributed by atoms with Crippen LogP contribution in [0.3, 0.4) is 0 Å². The number of amides is 2. The van der Waals surface area contributed by atoms with Crippen LogP contribution in [0.4, 0.5) is 0 Å². The van der Waals surface area contributed by atoms with E-state index in [9.17, 15) is 9.59 Å². The summed E-state index contributed by atoms with van der Waals surface area (Å²) in [6.07, 6.45) is 0. The molecule has 0 unspecified atom stereocenters. The van der Waals surface area contributed by atoms with E-state index in [1.54, 1.807) is 23.6 Å². The maximum absolute atomic E-state index is 11.8. The van der Waals surface area contributed by atoms with E-state index >= 15 is 0 Å². The first-order valence-corrected chi connectivity index (χ1v) is 8.39. The highest BCUT2D eigenvalue weighted by Gasteiger charge is 2.10. The molecule has 0 saturated carbocycles. The summed E-state index contributed by atoms with van der Waals surface area (Å²) in [4.78, 5) is 24.1. The van der Waals surface area contributed by atoms with Crippen molar-refractivity contribution in [3.05, 3.63) is 51.7 Å². The Balaban J connectivity index is 1.74. The largest absolute Gasteiger partial charge is 0.483 e. The lowest BCUT2D eigenvalue weighted by atomic mass is 10.1. The molecule has 0 aliphatic heterocycles. The molecule has 126 valence electrons. The Kier molecular flexibility index (Phi) is 6.28. The SMILES string of the molecule is Cc1cccc(OCC(=O)NNC(=S)NC(=O)c2cccs2)c1C. The Morgan fingerprint density at radius 2 is 1.96 bits per heavy atom. The summed E-state index contributed by atoms with van der Waals surface area (Å²) in [5.41, 5.74) is 6.90. The first-order valence-electron chi connectivity index (χ1n) is 7.10. The Bertz CT molecular complexity index is 745. The van der Waals surface area contributed by atoms with Crippen molar-refractivity contribution < 1.29 is 14.3 Å². The van der Waals surface area contributed by atoms with Gasteiger partial charge < -0.3 is 4.74 Å². The normalized spacial score (nSPS) is 9.92. The zero-order valence-corrected chi connectivity index (χ0v) is 14.8. The summed E-state index contributed by atoms with van der Waals surface area (Å²) in [6.45, 7) is 3.73. The van der Waals surface area contributed by atoms with Crippen molar-refractivity contribution in [1.29, 1.82) is 0 Å². The van der Waals surface area contributed by atoms with Crippen LogP contribution in [0.25, 0.3) is 0 Å². The van der Waals surface area contributed by atoms with E-state index in [2.05, 4.69) is 16.2 Å². The van der Waals surface area contributed by atoms with Gasteiger partial charge in [-0.15, -0.1) is 11.3 Å². The van der Waals surface area contributed by atoms with Gasteiger partial charge in [0.25, 0.3) is 11.8 Å². The smallest absolute Gasteiger partial charge is 0.276 e. The van der Waals surface area contributed by atoms with Crippen molar-refractivity contribution in [2.24, 2.45) is 0 Å². The third-order valence-electron chi connectivity index (χ3n) is 3.20. The van der Waals surface area contributed by atoms with E-state index in [1.165, 1.54) is 11.3 Å². The molecule has 2 rings (SSSR count). The zero-order chi connectivity index (χ0) is 17.5. The molecule has 1 aromatic carbocycles. The maximum Gasteiger partial charge on any atom is 0.276 e. The highest BCUT2D eigenvalue weighted by atomic mass is 32.1. The van der Waals surface area contributed by atoms with Crippen molar-refractivity contribution >= 4 is 40.5 Å². The van der Waals surface area contributed by atoms with Gasteiger partial charge in [0, 0.05) is 0 Å². The highest BCUT2D eigenvalue weighted by Crippen LogP contribution is 2.20. The molecular formula is C16H17N3O3S2. The number of hydrogen-bond acceptors (Lipinski definition) is 5. The number of thiophene rings is 1. The molecule has 6 nitrogen and oxygen atoms in total. The van der Waals surface area contributed by atoms with Crippen molar-refractivity contribution in [1.82, 2.24) is 16.2 Å². The Hall–Kier alpha value is -2.45. The van der Waals surface area contributed by atoms with E-state index in [0.717, 1.165) is 11.1 Å². The Morgan fingerprint density at radius 1 is 1.17 bits per heavy atom. The van der Waals surface area contributed by atoms with Crippen LogP contribution in [0.5, 0.6) is 5.75 Å². The lowest BCUT2D eigenvalue weighted by molar-refractivity contribution is -0.123. The fourth-order valence-electron chi connectivity index (χ4n) is 1.79. The fraction of sp³-hybridized carbons (Fsp3) is 0.188. The number of nitrogens with one attached hydrogen (secondary N) is 3. The van der Waals surface area contributed by atoms with E-state index in [-0.39, 0.29) is 17.6 Å². The van der Waals surface area contributed by atoms with E-state index in [1.807, 2.05) is 26.0 Å². The van der Waals surface area contributed by atoms with Gasteiger partial charge in [0.05, 0.1) is 4.88 Å². The van der Waals surface area contributed by atoms with Gasteiger partial charge in [0.15, 0.2) is 11.7 Å². The van der Waals surface area contributed by atoms with Crippen LogP contribution < -0.4 is 20.9 Å². The molecule has 0 atom stereocenters. The summed E-state index contributed by atoms with van der Waals surface area (Å²) in [7, 11) is 0. The zero-order valence-electron chi connectivity index (χ0n) is 13.2. The van der Waals surface area contributed by atoms with Crippen LogP contribution in [-0.2, 0) is 4.79 Å². The minimum Gasteiger partial charge on any atom is -0.483 e. The van der Waals surface area contributed by atoms with Crippen LogP contribution in [0.2, 0.25) is 0 Å². The molecule has 0 spiro atoms. The Labute approximate surface area is 149 Å². The predicted molar refractivity (Wildman–Crippen MR) is 97.1 cm³/mol. The number of aryl methyl sites for hydroxylation is 1. The van der Waals surface area contributed by atoms with Gasteiger partial charge >= 0.3 is 0 Å². The molecule has 0 aliphatic rings. The molecule has 1 aromatic heterocycles. The average Bonchev–Trinajstić information content (AvgIpc) is 3.09. The number of carbonyl (C=O) groups excluding carboxylic acids is 2. The molecule has 2 amide bonds. The molecule has 0 fully saturated rings. The molecule has 0 aliphatic carbocycles. The number of hydrogen-bond donors (Lipinski definition) is 3. The van der Waals surface area contributed by atoms with Crippen molar-refractivity contribution in [2.45, 2.75) is 13.8 Å². The molecule has 2 aromatic rings. The van der Waals surface area contributed by atoms with Crippen LogP contribution in [0, 0.1) is 13.8 Å². The monoisotopic (exact) mass is 363 g/mol. The minimum atomic E-state index is -0.413. The van der Waals surface area contributed by atoms with E-state index < -0.39 is 5.91 Å². The summed E-state index contributed by atoms with van der Waals surface area (Å²) >= 11 is 6.24. The van der Waals surface area contributed by atoms with Crippen LogP contribution in [0.1, 0.15) is 20.8 Å². The number of ether oxygens (including phenoxy) is 1. The van der Waals surface area contributed by atoms with Crippen LogP contribution in [-0.4, -0.2) is 23.5 Å². The predicted octanol–water partition coefficient (Wildman–Crippen LogP) is 2.08. The van der Waals surface area contributed by atoms with Crippen molar-refractivity contribution in [2.75, 3.05) is 6.61 Å². The summed E-state index contributed by atoms with van der Waals surface area (Å²) in [5.74, 6) is -0.0919. The molecule has 24 heavy (non-hydrogen) atoms. The first kappa shape index (κ1) is 17.9. The summed E-state index contributed by atoms with van der Waals surface area (Å²) in [5, 5.41) is 4.26. The second-order valence-corrected chi connectivity index (χ2v) is 6.28. The molecule has 1 heterocycles. The molecule has 0 saturated heterocycles. The average molecular weight is 363 g/mol.